The van der Waals surface area contributed by atoms with Crippen LogP contribution in [0.1, 0.15) is 24.8 Å². The minimum atomic E-state index is 0.166. The van der Waals surface area contributed by atoms with Crippen LogP contribution in [0.2, 0.25) is 0 Å². The van der Waals surface area contributed by atoms with Crippen molar-refractivity contribution in [3.63, 3.8) is 0 Å². The normalized spacial score (nSPS) is 16.6. The molecule has 1 heterocycles. The van der Waals surface area contributed by atoms with Gasteiger partial charge < -0.3 is 15.0 Å². The van der Waals surface area contributed by atoms with E-state index in [1.807, 2.05) is 36.2 Å². The fraction of sp³-hybridized carbons (Fsp3) is 0.533. The van der Waals surface area contributed by atoms with Crippen LogP contribution in [-0.2, 0) is 4.79 Å². The van der Waals surface area contributed by atoms with Gasteiger partial charge in [-0.15, -0.1) is 0 Å². The van der Waals surface area contributed by atoms with Crippen LogP contribution in [0, 0.1) is 0 Å². The molecule has 2 rings (SSSR count). The van der Waals surface area contributed by atoms with Crippen molar-refractivity contribution >= 4 is 5.91 Å². The molecule has 1 fully saturated rings. The Balaban J connectivity index is 1.99. The molecule has 1 aliphatic heterocycles. The highest BCUT2D eigenvalue weighted by molar-refractivity contribution is 5.77. The maximum absolute atomic E-state index is 12.2. The second-order valence-electron chi connectivity index (χ2n) is 5.16. The molecule has 0 aromatic heterocycles. The van der Waals surface area contributed by atoms with E-state index in [0.29, 0.717) is 12.5 Å². The molecule has 4 nitrogen and oxygen atoms in total. The molecule has 0 aliphatic carbocycles. The van der Waals surface area contributed by atoms with Gasteiger partial charge in [0.1, 0.15) is 5.75 Å². The van der Waals surface area contributed by atoms with Crippen LogP contribution < -0.4 is 10.1 Å². The van der Waals surface area contributed by atoms with E-state index in [0.717, 1.165) is 24.4 Å². The summed E-state index contributed by atoms with van der Waals surface area (Å²) in [6.45, 7) is 3.89. The Bertz CT molecular complexity index is 444. The number of carbonyl (C=O) groups excluding carboxylic acids is 1. The first-order valence-corrected chi connectivity index (χ1v) is 6.72. The van der Waals surface area contributed by atoms with E-state index in [-0.39, 0.29) is 11.8 Å². The van der Waals surface area contributed by atoms with E-state index < -0.39 is 0 Å². The largest absolute Gasteiger partial charge is 0.496 e. The van der Waals surface area contributed by atoms with Gasteiger partial charge in [0.15, 0.2) is 0 Å². The van der Waals surface area contributed by atoms with Crippen molar-refractivity contribution in [1.82, 2.24) is 10.2 Å². The van der Waals surface area contributed by atoms with Crippen molar-refractivity contribution in [3.05, 3.63) is 29.8 Å². The topological polar surface area (TPSA) is 41.6 Å². The number of amides is 1. The summed E-state index contributed by atoms with van der Waals surface area (Å²) in [6.07, 6.45) is 0.521. The molecular weight excluding hydrogens is 240 g/mol. The summed E-state index contributed by atoms with van der Waals surface area (Å²) in [6, 6.07) is 8.26. The quantitative estimate of drug-likeness (QED) is 0.876. The zero-order valence-corrected chi connectivity index (χ0v) is 11.8. The third-order valence-corrected chi connectivity index (χ3v) is 3.85. The third-order valence-electron chi connectivity index (χ3n) is 3.85. The zero-order chi connectivity index (χ0) is 13.8. The summed E-state index contributed by atoms with van der Waals surface area (Å²) in [4.78, 5) is 14.1. The Labute approximate surface area is 114 Å². The Hall–Kier alpha value is -1.55. The van der Waals surface area contributed by atoms with Gasteiger partial charge in [0.05, 0.1) is 13.2 Å². The van der Waals surface area contributed by atoms with Crippen LogP contribution >= 0.6 is 0 Å². The van der Waals surface area contributed by atoms with E-state index in [4.69, 9.17) is 4.74 Å². The second-order valence-corrected chi connectivity index (χ2v) is 5.16. The Morgan fingerprint density at radius 3 is 2.74 bits per heavy atom. The van der Waals surface area contributed by atoms with Gasteiger partial charge in [-0.2, -0.15) is 0 Å². The van der Waals surface area contributed by atoms with Gasteiger partial charge in [0.2, 0.25) is 5.91 Å². The standard InChI is InChI=1S/C15H22N2O2/c1-11(13-6-4-5-7-14(13)19-3)8-15(18)17(2)12-9-16-10-12/h4-7,11-12,16H,8-10H2,1-3H3. The minimum Gasteiger partial charge on any atom is -0.496 e. The van der Waals surface area contributed by atoms with Crippen LogP contribution in [0.3, 0.4) is 0 Å². The summed E-state index contributed by atoms with van der Waals surface area (Å²) in [7, 11) is 3.56. The van der Waals surface area contributed by atoms with Crippen LogP contribution in [0.5, 0.6) is 5.75 Å². The van der Waals surface area contributed by atoms with E-state index >= 15 is 0 Å². The molecule has 1 atom stereocenters. The third kappa shape index (κ3) is 3.07. The molecule has 1 aliphatic rings. The summed E-state index contributed by atoms with van der Waals surface area (Å²) in [5, 5.41) is 3.19. The lowest BCUT2D eigenvalue weighted by Crippen LogP contribution is -2.57. The Morgan fingerprint density at radius 1 is 1.47 bits per heavy atom. The van der Waals surface area contributed by atoms with Gasteiger partial charge in [0.25, 0.3) is 0 Å². The maximum Gasteiger partial charge on any atom is 0.223 e. The number of likely N-dealkylation sites (N-methyl/N-ethyl adjacent to an activating group) is 1. The molecule has 4 heteroatoms. The van der Waals surface area contributed by atoms with Gasteiger partial charge in [-0.1, -0.05) is 25.1 Å². The molecule has 104 valence electrons. The number of para-hydroxylation sites is 1. The van der Waals surface area contributed by atoms with Gasteiger partial charge in [0, 0.05) is 26.6 Å². The molecule has 1 aromatic carbocycles. The van der Waals surface area contributed by atoms with Crippen LogP contribution in [0.15, 0.2) is 24.3 Å². The van der Waals surface area contributed by atoms with E-state index in [2.05, 4.69) is 12.2 Å². The fourth-order valence-corrected chi connectivity index (χ4v) is 2.34. The first-order valence-electron chi connectivity index (χ1n) is 6.72. The number of rotatable bonds is 5. The predicted molar refractivity (Wildman–Crippen MR) is 75.5 cm³/mol. The SMILES string of the molecule is COc1ccccc1C(C)CC(=O)N(C)C1CNC1. The lowest BCUT2D eigenvalue weighted by Gasteiger charge is -2.36. The average Bonchev–Trinajstić information content (AvgIpc) is 2.36. The molecule has 0 saturated carbocycles. The molecule has 19 heavy (non-hydrogen) atoms. The van der Waals surface area contributed by atoms with E-state index in [1.54, 1.807) is 7.11 Å². The second kappa shape index (κ2) is 6.06. The predicted octanol–water partition coefficient (Wildman–Crippen LogP) is 1.62. The Kier molecular flexibility index (Phi) is 4.43. The molecule has 1 N–H and O–H groups in total. The van der Waals surface area contributed by atoms with Crippen molar-refractivity contribution in [3.8, 4) is 5.75 Å². The summed E-state index contributed by atoms with van der Waals surface area (Å²) in [5.74, 6) is 1.22. The molecule has 0 bridgehead atoms. The smallest absolute Gasteiger partial charge is 0.223 e. The monoisotopic (exact) mass is 262 g/mol. The van der Waals surface area contributed by atoms with Gasteiger partial charge in [-0.05, 0) is 17.5 Å². The molecule has 1 aromatic rings. The number of carbonyl (C=O) groups is 1. The lowest BCUT2D eigenvalue weighted by atomic mass is 9.95. The van der Waals surface area contributed by atoms with Crippen molar-refractivity contribution in [2.45, 2.75) is 25.3 Å². The van der Waals surface area contributed by atoms with E-state index in [1.165, 1.54) is 0 Å². The molecule has 1 amide bonds. The highest BCUT2D eigenvalue weighted by Gasteiger charge is 2.26. The number of hydrogen-bond acceptors (Lipinski definition) is 3. The fourth-order valence-electron chi connectivity index (χ4n) is 2.34. The minimum absolute atomic E-state index is 0.166. The zero-order valence-electron chi connectivity index (χ0n) is 11.8. The number of ether oxygens (including phenoxy) is 1. The van der Waals surface area contributed by atoms with Gasteiger partial charge >= 0.3 is 0 Å². The van der Waals surface area contributed by atoms with Gasteiger partial charge in [-0.25, -0.2) is 0 Å². The summed E-state index contributed by atoms with van der Waals surface area (Å²) in [5.41, 5.74) is 1.10. The van der Waals surface area contributed by atoms with Crippen LogP contribution in [0.4, 0.5) is 0 Å². The van der Waals surface area contributed by atoms with Crippen molar-refractivity contribution in [2.75, 3.05) is 27.2 Å². The van der Waals surface area contributed by atoms with Crippen LogP contribution in [0.25, 0.3) is 0 Å². The number of hydrogen-bond donors (Lipinski definition) is 1. The summed E-state index contributed by atoms with van der Waals surface area (Å²) >= 11 is 0. The molecule has 0 radical (unpaired) electrons. The maximum atomic E-state index is 12.2. The molecular formula is C15H22N2O2. The average molecular weight is 262 g/mol. The first-order chi connectivity index (χ1) is 9.13. The van der Waals surface area contributed by atoms with Crippen LogP contribution in [-0.4, -0.2) is 44.1 Å². The lowest BCUT2D eigenvalue weighted by molar-refractivity contribution is -0.133. The molecule has 1 saturated heterocycles. The molecule has 0 spiro atoms. The molecule has 1 unspecified atom stereocenters. The van der Waals surface area contributed by atoms with Crippen molar-refractivity contribution in [1.29, 1.82) is 0 Å². The van der Waals surface area contributed by atoms with Crippen molar-refractivity contribution in [2.24, 2.45) is 0 Å². The number of nitrogens with zero attached hydrogens (tertiary/aromatic N) is 1. The van der Waals surface area contributed by atoms with Crippen molar-refractivity contribution < 1.29 is 9.53 Å². The number of benzene rings is 1. The Morgan fingerprint density at radius 2 is 2.16 bits per heavy atom. The number of methoxy groups -OCH3 is 1. The highest BCUT2D eigenvalue weighted by atomic mass is 16.5. The number of nitrogens with one attached hydrogen (secondary N) is 1. The summed E-state index contributed by atoms with van der Waals surface area (Å²) < 4.78 is 5.35. The van der Waals surface area contributed by atoms with E-state index in [9.17, 15) is 4.79 Å². The first kappa shape index (κ1) is 13.9. The van der Waals surface area contributed by atoms with Gasteiger partial charge in [-0.3, -0.25) is 4.79 Å². The highest BCUT2D eigenvalue weighted by Crippen LogP contribution is 2.28.